The second-order valence-corrected chi connectivity index (χ2v) is 2.51. The lowest BCUT2D eigenvalue weighted by Gasteiger charge is -2.10. The molecule has 0 amide bonds. The van der Waals surface area contributed by atoms with Crippen molar-refractivity contribution in [1.82, 2.24) is 10.4 Å². The fraction of sp³-hybridized carbons (Fsp3) is 1.00. The summed E-state index contributed by atoms with van der Waals surface area (Å²) in [5, 5.41) is 2.00. The van der Waals surface area contributed by atoms with Crippen LogP contribution in [0.2, 0.25) is 0 Å². The van der Waals surface area contributed by atoms with Crippen LogP contribution in [0.1, 0.15) is 26.2 Å². The molecule has 0 fully saturated rings. The molecule has 2 nitrogen and oxygen atoms in total. The van der Waals surface area contributed by atoms with E-state index in [1.165, 1.54) is 19.3 Å². The van der Waals surface area contributed by atoms with E-state index in [4.69, 9.17) is 0 Å². The van der Waals surface area contributed by atoms with Crippen LogP contribution in [0.3, 0.4) is 0 Å². The van der Waals surface area contributed by atoms with E-state index in [9.17, 15) is 0 Å². The monoisotopic (exact) mass is 130 g/mol. The van der Waals surface area contributed by atoms with Crippen LogP contribution in [0.4, 0.5) is 0 Å². The molecule has 0 atom stereocenters. The molecular weight excluding hydrogens is 112 g/mol. The predicted molar refractivity (Wildman–Crippen MR) is 41.2 cm³/mol. The van der Waals surface area contributed by atoms with Gasteiger partial charge in [-0.25, -0.2) is 0 Å². The quantitative estimate of drug-likeness (QED) is 0.445. The van der Waals surface area contributed by atoms with E-state index >= 15 is 0 Å². The first kappa shape index (κ1) is 8.92. The summed E-state index contributed by atoms with van der Waals surface area (Å²) < 4.78 is 0. The Balaban J connectivity index is 2.75. The molecule has 0 unspecified atom stereocenters. The van der Waals surface area contributed by atoms with E-state index in [2.05, 4.69) is 12.3 Å². The van der Waals surface area contributed by atoms with Crippen LogP contribution in [0.25, 0.3) is 0 Å². The van der Waals surface area contributed by atoms with Gasteiger partial charge in [-0.2, -0.15) is 0 Å². The van der Waals surface area contributed by atoms with Crippen molar-refractivity contribution in [3.63, 3.8) is 0 Å². The van der Waals surface area contributed by atoms with Crippen molar-refractivity contribution in [1.29, 1.82) is 0 Å². The van der Waals surface area contributed by atoms with Gasteiger partial charge in [0.15, 0.2) is 0 Å². The van der Waals surface area contributed by atoms with Crippen molar-refractivity contribution in [2.75, 3.05) is 20.6 Å². The molecule has 0 bridgehead atoms. The first-order valence-electron chi connectivity index (χ1n) is 3.68. The topological polar surface area (TPSA) is 15.3 Å². The van der Waals surface area contributed by atoms with E-state index in [0.29, 0.717) is 0 Å². The van der Waals surface area contributed by atoms with E-state index in [-0.39, 0.29) is 0 Å². The predicted octanol–water partition coefficient (Wildman–Crippen LogP) is 1.24. The molecule has 56 valence electrons. The minimum atomic E-state index is 1.11. The fourth-order valence-electron chi connectivity index (χ4n) is 0.678. The Labute approximate surface area is 58.2 Å². The lowest BCUT2D eigenvalue weighted by atomic mass is 10.2. The van der Waals surface area contributed by atoms with Crippen LogP contribution in [0, 0.1) is 0 Å². The Morgan fingerprint density at radius 3 is 2.33 bits per heavy atom. The maximum absolute atomic E-state index is 3.21. The summed E-state index contributed by atoms with van der Waals surface area (Å²) in [6.07, 6.45) is 3.92. The maximum atomic E-state index is 3.21. The van der Waals surface area contributed by atoms with Gasteiger partial charge < -0.3 is 0 Å². The molecule has 0 aliphatic heterocycles. The van der Waals surface area contributed by atoms with Crippen molar-refractivity contribution in [2.24, 2.45) is 0 Å². The molecule has 1 N–H and O–H groups in total. The fourth-order valence-corrected chi connectivity index (χ4v) is 0.678. The van der Waals surface area contributed by atoms with Gasteiger partial charge in [0.2, 0.25) is 0 Å². The van der Waals surface area contributed by atoms with Crippen LogP contribution in [0.5, 0.6) is 0 Å². The SMILES string of the molecule is CCCCCNN(C)C. The van der Waals surface area contributed by atoms with E-state index in [1.807, 2.05) is 19.1 Å². The van der Waals surface area contributed by atoms with Crippen LogP contribution in [-0.4, -0.2) is 25.6 Å². The number of rotatable bonds is 5. The number of hydrazine groups is 1. The van der Waals surface area contributed by atoms with Crippen molar-refractivity contribution in [3.8, 4) is 0 Å². The van der Waals surface area contributed by atoms with E-state index in [0.717, 1.165) is 6.54 Å². The molecule has 0 heterocycles. The highest BCUT2D eigenvalue weighted by molar-refractivity contribution is 4.40. The molecule has 0 aromatic carbocycles. The first-order chi connectivity index (χ1) is 4.27. The Bertz CT molecular complexity index is 52.9. The molecule has 0 aromatic heterocycles. The number of nitrogens with one attached hydrogen (secondary N) is 1. The minimum absolute atomic E-state index is 1.11. The number of nitrogens with zero attached hydrogens (tertiary/aromatic N) is 1. The summed E-state index contributed by atoms with van der Waals surface area (Å²) >= 11 is 0. The van der Waals surface area contributed by atoms with Crippen molar-refractivity contribution >= 4 is 0 Å². The minimum Gasteiger partial charge on any atom is -0.256 e. The average molecular weight is 130 g/mol. The van der Waals surface area contributed by atoms with Crippen LogP contribution < -0.4 is 5.43 Å². The maximum Gasteiger partial charge on any atom is 0.0102 e. The first-order valence-corrected chi connectivity index (χ1v) is 3.68. The van der Waals surface area contributed by atoms with Gasteiger partial charge in [-0.15, -0.1) is 0 Å². The zero-order valence-corrected chi connectivity index (χ0v) is 6.78. The third kappa shape index (κ3) is 7.92. The lowest BCUT2D eigenvalue weighted by molar-refractivity contribution is 0.286. The van der Waals surface area contributed by atoms with Crippen LogP contribution in [0.15, 0.2) is 0 Å². The number of hydrogen-bond acceptors (Lipinski definition) is 2. The van der Waals surface area contributed by atoms with Gasteiger partial charge in [0.05, 0.1) is 0 Å². The molecule has 0 radical (unpaired) electrons. The third-order valence-corrected chi connectivity index (χ3v) is 1.21. The zero-order valence-electron chi connectivity index (χ0n) is 6.78. The lowest BCUT2D eigenvalue weighted by Crippen LogP contribution is -2.30. The highest BCUT2D eigenvalue weighted by atomic mass is 15.5. The van der Waals surface area contributed by atoms with Crippen molar-refractivity contribution < 1.29 is 0 Å². The molecule has 0 aliphatic carbocycles. The molecule has 9 heavy (non-hydrogen) atoms. The van der Waals surface area contributed by atoms with Gasteiger partial charge in [-0.3, -0.25) is 10.4 Å². The summed E-state index contributed by atoms with van der Waals surface area (Å²) in [5.74, 6) is 0. The Morgan fingerprint density at radius 1 is 1.22 bits per heavy atom. The number of unbranched alkanes of at least 4 members (excludes halogenated alkanes) is 2. The largest absolute Gasteiger partial charge is 0.256 e. The molecule has 0 saturated carbocycles. The van der Waals surface area contributed by atoms with Gasteiger partial charge in [-0.05, 0) is 6.42 Å². The molecule has 0 rings (SSSR count). The highest BCUT2D eigenvalue weighted by Crippen LogP contribution is 1.90. The standard InChI is InChI=1S/C7H18N2/c1-4-5-6-7-8-9(2)3/h8H,4-7H2,1-3H3. The zero-order chi connectivity index (χ0) is 7.11. The number of hydrogen-bond donors (Lipinski definition) is 1. The highest BCUT2D eigenvalue weighted by Gasteiger charge is 1.86. The van der Waals surface area contributed by atoms with Crippen LogP contribution in [-0.2, 0) is 0 Å². The molecule has 2 heteroatoms. The third-order valence-electron chi connectivity index (χ3n) is 1.21. The molecular formula is C7H18N2. The Kier molecular flexibility index (Phi) is 5.99. The Hall–Kier alpha value is -0.0800. The molecule has 0 aromatic rings. The summed E-state index contributed by atoms with van der Waals surface area (Å²) in [6, 6.07) is 0. The average Bonchev–Trinajstić information content (AvgIpc) is 1.80. The van der Waals surface area contributed by atoms with E-state index < -0.39 is 0 Å². The van der Waals surface area contributed by atoms with Gasteiger partial charge in [-0.1, -0.05) is 19.8 Å². The normalized spacial score (nSPS) is 10.7. The summed E-state index contributed by atoms with van der Waals surface area (Å²) in [5.41, 5.74) is 3.21. The van der Waals surface area contributed by atoms with Gasteiger partial charge in [0.1, 0.15) is 0 Å². The van der Waals surface area contributed by atoms with E-state index in [1.54, 1.807) is 0 Å². The molecule has 0 aliphatic rings. The molecule has 0 saturated heterocycles. The van der Waals surface area contributed by atoms with Gasteiger partial charge >= 0.3 is 0 Å². The second-order valence-electron chi connectivity index (χ2n) is 2.51. The summed E-state index contributed by atoms with van der Waals surface area (Å²) in [7, 11) is 4.04. The second kappa shape index (κ2) is 6.05. The van der Waals surface area contributed by atoms with Gasteiger partial charge in [0, 0.05) is 20.6 Å². The Morgan fingerprint density at radius 2 is 1.89 bits per heavy atom. The molecule has 0 spiro atoms. The van der Waals surface area contributed by atoms with Gasteiger partial charge in [0.25, 0.3) is 0 Å². The van der Waals surface area contributed by atoms with Crippen molar-refractivity contribution in [2.45, 2.75) is 26.2 Å². The smallest absolute Gasteiger partial charge is 0.0102 e. The van der Waals surface area contributed by atoms with Crippen LogP contribution >= 0.6 is 0 Å². The summed E-state index contributed by atoms with van der Waals surface area (Å²) in [6.45, 7) is 3.33. The van der Waals surface area contributed by atoms with Crippen molar-refractivity contribution in [3.05, 3.63) is 0 Å². The summed E-state index contributed by atoms with van der Waals surface area (Å²) in [4.78, 5) is 0.